The number of nitrogens with zero attached hydrogens (tertiary/aromatic N) is 2. The average Bonchev–Trinajstić information content (AvgIpc) is 2.83. The summed E-state index contributed by atoms with van der Waals surface area (Å²) in [5.41, 5.74) is 1.64. The molecule has 0 atom stereocenters. The molecule has 3 aromatic rings. The van der Waals surface area contributed by atoms with E-state index in [1.807, 2.05) is 6.07 Å². The lowest BCUT2D eigenvalue weighted by molar-refractivity contribution is -0.384. The summed E-state index contributed by atoms with van der Waals surface area (Å²) in [6, 6.07) is 19.9. The summed E-state index contributed by atoms with van der Waals surface area (Å²) in [6.45, 7) is 0.124. The highest BCUT2D eigenvalue weighted by Gasteiger charge is 2.13. The van der Waals surface area contributed by atoms with Crippen molar-refractivity contribution in [3.63, 3.8) is 0 Å². The zero-order valence-electron chi connectivity index (χ0n) is 17.4. The van der Waals surface area contributed by atoms with E-state index in [1.54, 1.807) is 54.6 Å². The number of nitro benzene ring substituents is 1. The van der Waals surface area contributed by atoms with E-state index < -0.39 is 10.8 Å². The number of benzene rings is 3. The number of carbonyl (C=O) groups excluding carboxylic acids is 1. The number of rotatable bonds is 8. The fourth-order valence-corrected chi connectivity index (χ4v) is 3.06. The molecule has 3 aromatic carbocycles. The maximum Gasteiger partial charge on any atom is 0.269 e. The first-order valence-electron chi connectivity index (χ1n) is 9.62. The highest BCUT2D eigenvalue weighted by atomic mass is 79.9. The highest BCUT2D eigenvalue weighted by Crippen LogP contribution is 2.28. The highest BCUT2D eigenvalue weighted by molar-refractivity contribution is 9.10. The van der Waals surface area contributed by atoms with Crippen LogP contribution in [-0.4, -0.2) is 17.9 Å². The van der Waals surface area contributed by atoms with E-state index in [2.05, 4.69) is 21.2 Å². The second kappa shape index (κ2) is 10.9. The van der Waals surface area contributed by atoms with Crippen LogP contribution in [0, 0.1) is 21.4 Å². The maximum atomic E-state index is 12.6. The molecule has 0 bridgehead atoms. The SMILES string of the molecule is COc1ccc(/C=C(\C#N)C(=O)Nc2ccc(Br)cc2)c(OCc2ccc([N+](=O)[O-])cc2)c1. The van der Waals surface area contributed by atoms with Crippen molar-refractivity contribution in [2.24, 2.45) is 0 Å². The number of amides is 1. The molecule has 0 aliphatic carbocycles. The molecule has 0 spiro atoms. The Labute approximate surface area is 198 Å². The number of nitrogens with one attached hydrogen (secondary N) is 1. The van der Waals surface area contributed by atoms with Gasteiger partial charge in [0.2, 0.25) is 0 Å². The zero-order chi connectivity index (χ0) is 23.8. The Balaban J connectivity index is 1.82. The minimum Gasteiger partial charge on any atom is -0.497 e. The third-order valence-electron chi connectivity index (χ3n) is 4.53. The molecule has 9 heteroatoms. The van der Waals surface area contributed by atoms with Crippen molar-refractivity contribution in [3.8, 4) is 17.6 Å². The Morgan fingerprint density at radius 2 is 1.85 bits per heavy atom. The predicted molar refractivity (Wildman–Crippen MR) is 127 cm³/mol. The minimum atomic E-state index is -0.558. The second-order valence-electron chi connectivity index (χ2n) is 6.75. The molecule has 0 saturated carbocycles. The lowest BCUT2D eigenvalue weighted by Crippen LogP contribution is -2.13. The van der Waals surface area contributed by atoms with E-state index >= 15 is 0 Å². The van der Waals surface area contributed by atoms with Crippen molar-refractivity contribution < 1.29 is 19.2 Å². The van der Waals surface area contributed by atoms with Crippen LogP contribution in [0.25, 0.3) is 6.08 Å². The van der Waals surface area contributed by atoms with Crippen LogP contribution in [0.15, 0.2) is 76.8 Å². The zero-order valence-corrected chi connectivity index (χ0v) is 19.0. The number of methoxy groups -OCH3 is 1. The second-order valence-corrected chi connectivity index (χ2v) is 7.66. The summed E-state index contributed by atoms with van der Waals surface area (Å²) in [7, 11) is 1.51. The Morgan fingerprint density at radius 3 is 2.45 bits per heavy atom. The molecule has 0 aliphatic rings. The van der Waals surface area contributed by atoms with E-state index in [0.29, 0.717) is 28.3 Å². The van der Waals surface area contributed by atoms with E-state index in [1.165, 1.54) is 25.3 Å². The summed E-state index contributed by atoms with van der Waals surface area (Å²) < 4.78 is 12.0. The van der Waals surface area contributed by atoms with Crippen molar-refractivity contribution >= 4 is 39.3 Å². The Morgan fingerprint density at radius 1 is 1.15 bits per heavy atom. The van der Waals surface area contributed by atoms with Gasteiger partial charge in [-0.1, -0.05) is 15.9 Å². The monoisotopic (exact) mass is 507 g/mol. The summed E-state index contributed by atoms with van der Waals surface area (Å²) in [5.74, 6) is 0.359. The lowest BCUT2D eigenvalue weighted by atomic mass is 10.1. The first-order chi connectivity index (χ1) is 15.9. The molecule has 0 saturated heterocycles. The number of hydrogen-bond acceptors (Lipinski definition) is 6. The van der Waals surface area contributed by atoms with E-state index in [9.17, 15) is 20.2 Å². The molecule has 0 heterocycles. The quantitative estimate of drug-likeness (QED) is 0.186. The number of carbonyl (C=O) groups is 1. The Bertz CT molecular complexity index is 1230. The smallest absolute Gasteiger partial charge is 0.269 e. The van der Waals surface area contributed by atoms with Crippen LogP contribution >= 0.6 is 15.9 Å². The van der Waals surface area contributed by atoms with Gasteiger partial charge < -0.3 is 14.8 Å². The molecule has 0 aliphatic heterocycles. The van der Waals surface area contributed by atoms with Gasteiger partial charge in [0.15, 0.2) is 0 Å². The average molecular weight is 508 g/mol. The van der Waals surface area contributed by atoms with Gasteiger partial charge in [-0.25, -0.2) is 0 Å². The normalized spacial score (nSPS) is 10.8. The molecule has 0 radical (unpaired) electrons. The first kappa shape index (κ1) is 23.5. The van der Waals surface area contributed by atoms with Crippen LogP contribution < -0.4 is 14.8 Å². The standard InChI is InChI=1S/C24H18BrN3O5/c1-32-22-11-4-17(12-18(14-26)24(29)27-20-7-5-19(25)6-8-20)23(13-22)33-15-16-2-9-21(10-3-16)28(30)31/h2-13H,15H2,1H3,(H,27,29)/b18-12+. The van der Waals surface area contributed by atoms with Crippen LogP contribution in [0.5, 0.6) is 11.5 Å². The van der Waals surface area contributed by atoms with Gasteiger partial charge in [0.1, 0.15) is 29.7 Å². The van der Waals surface area contributed by atoms with Crippen molar-refractivity contribution in [1.82, 2.24) is 0 Å². The largest absolute Gasteiger partial charge is 0.497 e. The summed E-state index contributed by atoms with van der Waals surface area (Å²) >= 11 is 3.33. The molecule has 3 rings (SSSR count). The van der Waals surface area contributed by atoms with Crippen LogP contribution in [0.2, 0.25) is 0 Å². The summed E-state index contributed by atoms with van der Waals surface area (Å²) in [6.07, 6.45) is 1.43. The molecule has 166 valence electrons. The van der Waals surface area contributed by atoms with Crippen LogP contribution in [-0.2, 0) is 11.4 Å². The molecular weight excluding hydrogens is 490 g/mol. The van der Waals surface area contributed by atoms with Gasteiger partial charge >= 0.3 is 0 Å². The third-order valence-corrected chi connectivity index (χ3v) is 5.06. The molecule has 1 amide bonds. The lowest BCUT2D eigenvalue weighted by Gasteiger charge is -2.12. The molecule has 0 unspecified atom stereocenters. The fourth-order valence-electron chi connectivity index (χ4n) is 2.80. The minimum absolute atomic E-state index is 0.0146. The van der Waals surface area contributed by atoms with Gasteiger partial charge in [-0.05, 0) is 60.2 Å². The Kier molecular flexibility index (Phi) is 7.78. The van der Waals surface area contributed by atoms with Gasteiger partial charge in [-0.2, -0.15) is 5.26 Å². The van der Waals surface area contributed by atoms with E-state index in [0.717, 1.165) is 4.47 Å². The number of hydrogen-bond donors (Lipinski definition) is 1. The van der Waals surface area contributed by atoms with Gasteiger partial charge in [0, 0.05) is 33.9 Å². The van der Waals surface area contributed by atoms with Crippen LogP contribution in [0.4, 0.5) is 11.4 Å². The molecule has 1 N–H and O–H groups in total. The number of halogens is 1. The summed E-state index contributed by atoms with van der Waals surface area (Å²) in [5, 5.41) is 23.0. The van der Waals surface area contributed by atoms with Crippen molar-refractivity contribution in [2.45, 2.75) is 6.61 Å². The number of anilines is 1. The number of ether oxygens (including phenoxy) is 2. The maximum absolute atomic E-state index is 12.6. The van der Waals surface area contributed by atoms with E-state index in [4.69, 9.17) is 9.47 Å². The molecular formula is C24H18BrN3O5. The van der Waals surface area contributed by atoms with Crippen molar-refractivity contribution in [1.29, 1.82) is 5.26 Å². The summed E-state index contributed by atoms with van der Waals surface area (Å²) in [4.78, 5) is 22.9. The molecule has 33 heavy (non-hydrogen) atoms. The number of non-ortho nitro benzene ring substituents is 1. The van der Waals surface area contributed by atoms with Crippen molar-refractivity contribution in [3.05, 3.63) is 98.0 Å². The van der Waals surface area contributed by atoms with Crippen LogP contribution in [0.1, 0.15) is 11.1 Å². The molecule has 0 aromatic heterocycles. The third kappa shape index (κ3) is 6.41. The molecule has 0 fully saturated rings. The molecule has 8 nitrogen and oxygen atoms in total. The Hall–Kier alpha value is -4.16. The van der Waals surface area contributed by atoms with Gasteiger partial charge in [0.25, 0.3) is 11.6 Å². The van der Waals surface area contributed by atoms with Gasteiger partial charge in [-0.15, -0.1) is 0 Å². The van der Waals surface area contributed by atoms with Gasteiger partial charge in [0.05, 0.1) is 12.0 Å². The van der Waals surface area contributed by atoms with Crippen molar-refractivity contribution in [2.75, 3.05) is 12.4 Å². The number of nitriles is 1. The van der Waals surface area contributed by atoms with Crippen LogP contribution in [0.3, 0.4) is 0 Å². The number of nitro groups is 1. The topological polar surface area (TPSA) is 114 Å². The predicted octanol–water partition coefficient (Wildman–Crippen LogP) is 5.49. The fraction of sp³-hybridized carbons (Fsp3) is 0.0833. The first-order valence-corrected chi connectivity index (χ1v) is 10.4. The van der Waals surface area contributed by atoms with Gasteiger partial charge in [-0.3, -0.25) is 14.9 Å². The van der Waals surface area contributed by atoms with E-state index in [-0.39, 0.29) is 17.9 Å².